The van der Waals surface area contributed by atoms with Crippen LogP contribution in [0.4, 0.5) is 5.82 Å². The van der Waals surface area contributed by atoms with Crippen LogP contribution in [0.25, 0.3) is 27.8 Å². The summed E-state index contributed by atoms with van der Waals surface area (Å²) in [5.74, 6) is 0.663. The molecule has 0 aliphatic rings. The zero-order valence-electron chi connectivity index (χ0n) is 13.5. The summed E-state index contributed by atoms with van der Waals surface area (Å²) >= 11 is 6.62. The first-order valence-corrected chi connectivity index (χ1v) is 8.29. The average Bonchev–Trinajstić information content (AvgIpc) is 3.24. The number of fused-ring (bicyclic) bond motifs is 2. The van der Waals surface area contributed by atoms with E-state index in [1.807, 2.05) is 41.1 Å². The van der Waals surface area contributed by atoms with Crippen LogP contribution in [-0.4, -0.2) is 25.9 Å². The molecule has 126 valence electrons. The summed E-state index contributed by atoms with van der Waals surface area (Å²) in [6, 6.07) is 8.05. The molecule has 0 bridgehead atoms. The molecule has 0 saturated carbocycles. The van der Waals surface area contributed by atoms with Crippen LogP contribution in [0.1, 0.15) is 6.42 Å². The Bertz CT molecular complexity index is 1080. The normalized spacial score (nSPS) is 11.2. The Morgan fingerprint density at radius 1 is 1.36 bits per heavy atom. The van der Waals surface area contributed by atoms with Crippen LogP contribution in [0.2, 0.25) is 5.15 Å². The first-order valence-electron chi connectivity index (χ1n) is 7.91. The molecule has 0 radical (unpaired) electrons. The first-order chi connectivity index (χ1) is 12.1. The first kappa shape index (κ1) is 15.5. The number of aromatic amines is 1. The van der Waals surface area contributed by atoms with Gasteiger partial charge in [-0.3, -0.25) is 4.40 Å². The van der Waals surface area contributed by atoms with Gasteiger partial charge in [-0.1, -0.05) is 36.4 Å². The van der Waals surface area contributed by atoms with Crippen LogP contribution in [0, 0.1) is 0 Å². The number of hydrogen-bond acceptors (Lipinski definition) is 4. The molecule has 0 aliphatic heterocycles. The van der Waals surface area contributed by atoms with Crippen LogP contribution in [0.15, 0.2) is 55.1 Å². The molecule has 25 heavy (non-hydrogen) atoms. The maximum Gasteiger partial charge on any atom is 0.181 e. The standard InChI is InChI=1S/C18H17ClN6/c1-11(20)6-7-21-17-18-22-8-9-25(18)16(19)15(24-17)13-10-23-14-5-3-2-4-12(13)14/h2-5,8-10,23H,1,6-7,20H2,(H,21,24). The van der Waals surface area contributed by atoms with E-state index in [1.54, 1.807) is 6.20 Å². The van der Waals surface area contributed by atoms with Crippen molar-refractivity contribution < 1.29 is 0 Å². The summed E-state index contributed by atoms with van der Waals surface area (Å²) in [6.07, 6.45) is 6.10. The van der Waals surface area contributed by atoms with Crippen LogP contribution in [0.3, 0.4) is 0 Å². The summed E-state index contributed by atoms with van der Waals surface area (Å²) in [6.45, 7) is 4.34. The number of nitrogens with one attached hydrogen (secondary N) is 2. The maximum atomic E-state index is 6.62. The van der Waals surface area contributed by atoms with Crippen molar-refractivity contribution in [3.63, 3.8) is 0 Å². The summed E-state index contributed by atoms with van der Waals surface area (Å²) in [5, 5.41) is 4.87. The van der Waals surface area contributed by atoms with E-state index in [0.29, 0.717) is 41.0 Å². The summed E-state index contributed by atoms with van der Waals surface area (Å²) in [7, 11) is 0. The van der Waals surface area contributed by atoms with Crippen LogP contribution in [-0.2, 0) is 0 Å². The Labute approximate surface area is 149 Å². The highest BCUT2D eigenvalue weighted by atomic mass is 35.5. The molecule has 4 aromatic rings. The number of nitrogens with two attached hydrogens (primary N) is 1. The van der Waals surface area contributed by atoms with Crippen molar-refractivity contribution in [2.75, 3.05) is 11.9 Å². The molecule has 0 amide bonds. The van der Waals surface area contributed by atoms with Crippen molar-refractivity contribution in [2.24, 2.45) is 5.73 Å². The Kier molecular flexibility index (Phi) is 3.82. The molecule has 0 spiro atoms. The molecule has 0 fully saturated rings. The Morgan fingerprint density at radius 3 is 3.04 bits per heavy atom. The fourth-order valence-electron chi connectivity index (χ4n) is 2.86. The second-order valence-electron chi connectivity index (χ2n) is 5.80. The summed E-state index contributed by atoms with van der Waals surface area (Å²) in [5.41, 5.74) is 9.62. The second-order valence-corrected chi connectivity index (χ2v) is 6.16. The van der Waals surface area contributed by atoms with Gasteiger partial charge in [0, 0.05) is 53.7 Å². The number of hydrogen-bond donors (Lipinski definition) is 3. The predicted molar refractivity (Wildman–Crippen MR) is 102 cm³/mol. The Balaban J connectivity index is 1.86. The third kappa shape index (κ3) is 2.70. The summed E-state index contributed by atoms with van der Waals surface area (Å²) in [4.78, 5) is 12.4. The predicted octanol–water partition coefficient (Wildman–Crippen LogP) is 3.81. The lowest BCUT2D eigenvalue weighted by molar-refractivity contribution is 0.971. The van der Waals surface area contributed by atoms with Crippen molar-refractivity contribution in [2.45, 2.75) is 6.42 Å². The molecule has 0 atom stereocenters. The van der Waals surface area contributed by atoms with Gasteiger partial charge in [0.2, 0.25) is 0 Å². The maximum absolute atomic E-state index is 6.62. The molecule has 6 nitrogen and oxygen atoms in total. The molecule has 3 aromatic heterocycles. The van der Waals surface area contributed by atoms with Gasteiger partial charge in [0.05, 0.1) is 0 Å². The van der Waals surface area contributed by atoms with Crippen LogP contribution < -0.4 is 11.1 Å². The molecule has 3 heterocycles. The van der Waals surface area contributed by atoms with Gasteiger partial charge in [0.25, 0.3) is 0 Å². The van der Waals surface area contributed by atoms with Gasteiger partial charge >= 0.3 is 0 Å². The molecule has 0 saturated heterocycles. The fraction of sp³-hybridized carbons (Fsp3) is 0.111. The van der Waals surface area contributed by atoms with E-state index in [9.17, 15) is 0 Å². The van der Waals surface area contributed by atoms with Gasteiger partial charge in [-0.25, -0.2) is 9.97 Å². The van der Waals surface area contributed by atoms with Crippen LogP contribution in [0.5, 0.6) is 0 Å². The van der Waals surface area contributed by atoms with Gasteiger partial charge in [0.15, 0.2) is 11.5 Å². The van der Waals surface area contributed by atoms with Gasteiger partial charge in [-0.05, 0) is 6.07 Å². The van der Waals surface area contributed by atoms with E-state index in [0.717, 1.165) is 16.5 Å². The number of anilines is 1. The van der Waals surface area contributed by atoms with E-state index in [2.05, 4.69) is 21.9 Å². The minimum Gasteiger partial charge on any atom is -0.402 e. The molecule has 7 heteroatoms. The third-order valence-electron chi connectivity index (χ3n) is 4.07. The van der Waals surface area contributed by atoms with Crippen LogP contribution >= 0.6 is 11.6 Å². The lowest BCUT2D eigenvalue weighted by atomic mass is 10.1. The second kappa shape index (κ2) is 6.14. The van der Waals surface area contributed by atoms with Crippen molar-refractivity contribution in [3.8, 4) is 11.3 Å². The number of imidazole rings is 1. The van der Waals surface area contributed by atoms with Crippen molar-refractivity contribution >= 4 is 34.0 Å². The zero-order valence-corrected chi connectivity index (χ0v) is 14.2. The largest absolute Gasteiger partial charge is 0.402 e. The van der Waals surface area contributed by atoms with E-state index >= 15 is 0 Å². The van der Waals surface area contributed by atoms with Gasteiger partial charge in [0.1, 0.15) is 10.8 Å². The number of para-hydroxylation sites is 1. The van der Waals surface area contributed by atoms with Crippen molar-refractivity contribution in [1.82, 2.24) is 19.4 Å². The lowest BCUT2D eigenvalue weighted by Gasteiger charge is -2.11. The highest BCUT2D eigenvalue weighted by molar-refractivity contribution is 6.32. The SMILES string of the molecule is C=C(N)CCNc1nc(-c2c[nH]c3ccccc23)c(Cl)n2ccnc12. The highest BCUT2D eigenvalue weighted by Crippen LogP contribution is 2.34. The number of aromatic nitrogens is 4. The summed E-state index contributed by atoms with van der Waals surface area (Å²) < 4.78 is 1.82. The number of halogens is 1. The quantitative estimate of drug-likeness (QED) is 0.510. The fourth-order valence-corrected chi connectivity index (χ4v) is 3.14. The minimum atomic E-state index is 0.519. The number of H-pyrrole nitrogens is 1. The van der Waals surface area contributed by atoms with Gasteiger partial charge < -0.3 is 16.0 Å². The van der Waals surface area contributed by atoms with Gasteiger partial charge in [-0.2, -0.15) is 0 Å². The van der Waals surface area contributed by atoms with E-state index in [-0.39, 0.29) is 0 Å². The third-order valence-corrected chi connectivity index (χ3v) is 4.43. The average molecular weight is 353 g/mol. The number of benzene rings is 1. The van der Waals surface area contributed by atoms with Crippen molar-refractivity contribution in [1.29, 1.82) is 0 Å². The molecule has 0 unspecified atom stereocenters. The van der Waals surface area contributed by atoms with E-state index in [4.69, 9.17) is 22.3 Å². The topological polar surface area (TPSA) is 84.0 Å². The number of rotatable bonds is 5. The van der Waals surface area contributed by atoms with E-state index < -0.39 is 0 Å². The highest BCUT2D eigenvalue weighted by Gasteiger charge is 2.17. The molecular formula is C18H17ClN6. The number of nitrogens with zero attached hydrogens (tertiary/aromatic N) is 3. The minimum absolute atomic E-state index is 0.519. The zero-order chi connectivity index (χ0) is 17.4. The molecule has 0 aliphatic carbocycles. The Hall–Kier alpha value is -2.99. The van der Waals surface area contributed by atoms with E-state index in [1.165, 1.54) is 0 Å². The Morgan fingerprint density at radius 2 is 2.20 bits per heavy atom. The molecule has 4 N–H and O–H groups in total. The smallest absolute Gasteiger partial charge is 0.181 e. The van der Waals surface area contributed by atoms with Crippen molar-refractivity contribution in [3.05, 3.63) is 60.3 Å². The molecule has 1 aromatic carbocycles. The lowest BCUT2D eigenvalue weighted by Crippen LogP contribution is -2.10. The van der Waals surface area contributed by atoms with Gasteiger partial charge in [-0.15, -0.1) is 0 Å². The monoisotopic (exact) mass is 352 g/mol. The molecular weight excluding hydrogens is 336 g/mol. The molecule has 4 rings (SSSR count).